The maximum absolute atomic E-state index is 12.9. The first-order valence-corrected chi connectivity index (χ1v) is 11.1. The molecule has 0 spiro atoms. The first-order chi connectivity index (χ1) is 17.1. The first-order valence-electron chi connectivity index (χ1n) is 11.1. The van der Waals surface area contributed by atoms with E-state index in [1.165, 1.54) is 6.21 Å². The molecule has 35 heavy (non-hydrogen) atoms. The predicted molar refractivity (Wildman–Crippen MR) is 134 cm³/mol. The number of ether oxygens (including phenoxy) is 2. The highest BCUT2D eigenvalue weighted by molar-refractivity contribution is 6.05. The minimum Gasteiger partial charge on any atom is -0.490 e. The maximum atomic E-state index is 12.9. The summed E-state index contributed by atoms with van der Waals surface area (Å²) in [5.74, 6) is -0.518. The van der Waals surface area contributed by atoms with Gasteiger partial charge in [-0.05, 0) is 53.1 Å². The zero-order valence-electron chi connectivity index (χ0n) is 19.0. The Balaban J connectivity index is 1.47. The summed E-state index contributed by atoms with van der Waals surface area (Å²) < 4.78 is 11.3. The standard InChI is InChI=1S/C28H24N2O5/c1-2-34-25-17-19(18-29-30-27(32)26(31)21-10-4-3-5-11-21)15-16-24(25)35-28(33)23-14-8-12-20-9-6-7-13-22(20)23/h3-18,26,31H,2H2,1H3,(H,30,32)/b29-18+. The van der Waals surface area contributed by atoms with Crippen molar-refractivity contribution < 1.29 is 24.2 Å². The molecule has 0 heterocycles. The molecule has 0 aliphatic rings. The molecule has 0 saturated carbocycles. The van der Waals surface area contributed by atoms with E-state index in [2.05, 4.69) is 10.5 Å². The van der Waals surface area contributed by atoms with Gasteiger partial charge in [0.2, 0.25) is 0 Å². The summed E-state index contributed by atoms with van der Waals surface area (Å²) in [6.45, 7) is 2.18. The molecule has 1 amide bonds. The number of hydrazone groups is 1. The zero-order chi connectivity index (χ0) is 24.6. The van der Waals surface area contributed by atoms with Crippen LogP contribution >= 0.6 is 0 Å². The van der Waals surface area contributed by atoms with Crippen LogP contribution in [0.5, 0.6) is 11.5 Å². The van der Waals surface area contributed by atoms with E-state index < -0.39 is 18.0 Å². The van der Waals surface area contributed by atoms with Gasteiger partial charge >= 0.3 is 5.97 Å². The van der Waals surface area contributed by atoms with Crippen molar-refractivity contribution in [1.29, 1.82) is 0 Å². The average Bonchev–Trinajstić information content (AvgIpc) is 2.89. The highest BCUT2D eigenvalue weighted by atomic mass is 16.6. The Kier molecular flexibility index (Phi) is 7.50. The van der Waals surface area contributed by atoms with E-state index in [-0.39, 0.29) is 5.75 Å². The number of benzene rings is 4. The average molecular weight is 469 g/mol. The smallest absolute Gasteiger partial charge is 0.344 e. The minimum absolute atomic E-state index is 0.269. The van der Waals surface area contributed by atoms with Crippen molar-refractivity contribution in [3.63, 3.8) is 0 Å². The van der Waals surface area contributed by atoms with E-state index >= 15 is 0 Å². The molecule has 0 saturated heterocycles. The van der Waals surface area contributed by atoms with E-state index in [1.54, 1.807) is 54.6 Å². The van der Waals surface area contributed by atoms with Gasteiger partial charge in [0.15, 0.2) is 17.6 Å². The van der Waals surface area contributed by atoms with Crippen molar-refractivity contribution in [1.82, 2.24) is 5.43 Å². The van der Waals surface area contributed by atoms with Crippen LogP contribution in [0, 0.1) is 0 Å². The summed E-state index contributed by atoms with van der Waals surface area (Å²) in [5, 5.41) is 15.8. The summed E-state index contributed by atoms with van der Waals surface area (Å²) in [5.41, 5.74) is 3.85. The van der Waals surface area contributed by atoms with Gasteiger partial charge in [0.1, 0.15) is 0 Å². The van der Waals surface area contributed by atoms with Crippen LogP contribution in [0.2, 0.25) is 0 Å². The van der Waals surface area contributed by atoms with Crippen molar-refractivity contribution in [2.24, 2.45) is 5.10 Å². The molecule has 0 aromatic heterocycles. The molecule has 4 aromatic rings. The number of carbonyl (C=O) groups is 2. The molecule has 0 aliphatic heterocycles. The molecular weight excluding hydrogens is 444 g/mol. The molecule has 1 atom stereocenters. The number of esters is 1. The lowest BCUT2D eigenvalue weighted by atomic mass is 10.0. The number of aliphatic hydroxyl groups excluding tert-OH is 1. The molecule has 4 rings (SSSR count). The molecule has 0 fully saturated rings. The second-order valence-corrected chi connectivity index (χ2v) is 7.60. The Labute approximate surface area is 202 Å². The number of amides is 1. The zero-order valence-corrected chi connectivity index (χ0v) is 19.0. The monoisotopic (exact) mass is 468 g/mol. The van der Waals surface area contributed by atoms with Gasteiger partial charge in [-0.25, -0.2) is 10.2 Å². The molecule has 176 valence electrons. The van der Waals surface area contributed by atoms with Gasteiger partial charge in [-0.1, -0.05) is 66.7 Å². The van der Waals surface area contributed by atoms with Crippen molar-refractivity contribution >= 4 is 28.9 Å². The lowest BCUT2D eigenvalue weighted by molar-refractivity contribution is -0.129. The quantitative estimate of drug-likeness (QED) is 0.170. The number of nitrogens with one attached hydrogen (secondary N) is 1. The second kappa shape index (κ2) is 11.1. The van der Waals surface area contributed by atoms with Crippen LogP contribution in [0.4, 0.5) is 0 Å². The molecular formula is C28H24N2O5. The molecule has 2 N–H and O–H groups in total. The summed E-state index contributed by atoms with van der Waals surface area (Å²) in [6, 6.07) is 26.6. The van der Waals surface area contributed by atoms with Gasteiger partial charge in [0.05, 0.1) is 18.4 Å². The second-order valence-electron chi connectivity index (χ2n) is 7.60. The van der Waals surface area contributed by atoms with Crippen LogP contribution in [-0.2, 0) is 4.79 Å². The fourth-order valence-electron chi connectivity index (χ4n) is 3.53. The SMILES string of the molecule is CCOc1cc(/C=N/NC(=O)C(O)c2ccccc2)ccc1OC(=O)c1cccc2ccccc12. The normalized spacial score (nSPS) is 11.8. The van der Waals surface area contributed by atoms with Gasteiger partial charge in [-0.15, -0.1) is 0 Å². The Morgan fingerprint density at radius 2 is 1.69 bits per heavy atom. The Hall–Kier alpha value is -4.49. The summed E-state index contributed by atoms with van der Waals surface area (Å²) in [6.07, 6.45) is 0.0808. The van der Waals surface area contributed by atoms with Crippen LogP contribution in [0.3, 0.4) is 0 Å². The fourth-order valence-corrected chi connectivity index (χ4v) is 3.53. The number of fused-ring (bicyclic) bond motifs is 1. The largest absolute Gasteiger partial charge is 0.490 e. The van der Waals surface area contributed by atoms with Gasteiger partial charge < -0.3 is 14.6 Å². The molecule has 1 unspecified atom stereocenters. The van der Waals surface area contributed by atoms with E-state index in [0.29, 0.717) is 29.0 Å². The lowest BCUT2D eigenvalue weighted by Gasteiger charge is -2.12. The van der Waals surface area contributed by atoms with Gasteiger partial charge in [0, 0.05) is 0 Å². The van der Waals surface area contributed by atoms with E-state index in [0.717, 1.165) is 10.8 Å². The van der Waals surface area contributed by atoms with E-state index in [9.17, 15) is 14.7 Å². The molecule has 4 aromatic carbocycles. The predicted octanol–water partition coefficient (Wildman–Crippen LogP) is 4.64. The number of hydrogen-bond acceptors (Lipinski definition) is 6. The Morgan fingerprint density at radius 3 is 2.49 bits per heavy atom. The summed E-state index contributed by atoms with van der Waals surface area (Å²) in [4.78, 5) is 25.1. The van der Waals surface area contributed by atoms with Gasteiger partial charge in [-0.3, -0.25) is 4.79 Å². The number of nitrogens with zero attached hydrogens (tertiary/aromatic N) is 1. The number of aliphatic hydroxyl groups is 1. The molecule has 0 radical (unpaired) electrons. The molecule has 7 heteroatoms. The molecule has 0 bridgehead atoms. The van der Waals surface area contributed by atoms with Crippen molar-refractivity contribution in [3.8, 4) is 11.5 Å². The van der Waals surface area contributed by atoms with Crippen molar-refractivity contribution in [3.05, 3.63) is 108 Å². The van der Waals surface area contributed by atoms with Gasteiger partial charge in [-0.2, -0.15) is 5.10 Å². The first kappa shape index (κ1) is 23.7. The van der Waals surface area contributed by atoms with Crippen LogP contribution < -0.4 is 14.9 Å². The molecule has 0 aliphatic carbocycles. The fraction of sp³-hybridized carbons (Fsp3) is 0.107. The summed E-state index contributed by atoms with van der Waals surface area (Å²) >= 11 is 0. The Bertz CT molecular complexity index is 1360. The third-order valence-corrected chi connectivity index (χ3v) is 5.23. The lowest BCUT2D eigenvalue weighted by Crippen LogP contribution is -2.25. The maximum Gasteiger partial charge on any atom is 0.344 e. The van der Waals surface area contributed by atoms with Crippen LogP contribution in [0.25, 0.3) is 10.8 Å². The number of carbonyl (C=O) groups excluding carboxylic acids is 2. The highest BCUT2D eigenvalue weighted by Crippen LogP contribution is 2.30. The number of rotatable bonds is 8. The van der Waals surface area contributed by atoms with Crippen LogP contribution in [-0.4, -0.2) is 29.8 Å². The van der Waals surface area contributed by atoms with Crippen molar-refractivity contribution in [2.45, 2.75) is 13.0 Å². The van der Waals surface area contributed by atoms with Crippen LogP contribution in [0.15, 0.2) is 96.1 Å². The topological polar surface area (TPSA) is 97.2 Å². The third kappa shape index (κ3) is 5.72. The van der Waals surface area contributed by atoms with E-state index in [4.69, 9.17) is 9.47 Å². The molecule has 7 nitrogen and oxygen atoms in total. The minimum atomic E-state index is -1.33. The number of hydrogen-bond donors (Lipinski definition) is 2. The van der Waals surface area contributed by atoms with Crippen molar-refractivity contribution in [2.75, 3.05) is 6.61 Å². The van der Waals surface area contributed by atoms with Crippen LogP contribution in [0.1, 0.15) is 34.5 Å². The van der Waals surface area contributed by atoms with Gasteiger partial charge in [0.25, 0.3) is 5.91 Å². The third-order valence-electron chi connectivity index (χ3n) is 5.23. The Morgan fingerprint density at radius 1 is 0.943 bits per heavy atom. The highest BCUT2D eigenvalue weighted by Gasteiger charge is 2.17. The summed E-state index contributed by atoms with van der Waals surface area (Å²) in [7, 11) is 0. The van der Waals surface area contributed by atoms with E-state index in [1.807, 2.05) is 43.3 Å².